The molecule has 0 aliphatic carbocycles. The van der Waals surface area contributed by atoms with Gasteiger partial charge >= 0.3 is 5.69 Å². The molecule has 2 amide bonds. The molecule has 2 aliphatic heterocycles. The summed E-state index contributed by atoms with van der Waals surface area (Å²) in [4.78, 5) is 38.9. The number of imide groups is 1. The highest BCUT2D eigenvalue weighted by Crippen LogP contribution is 2.23. The molecule has 2 atom stereocenters. The molecule has 4 rings (SSSR count). The van der Waals surface area contributed by atoms with E-state index in [2.05, 4.69) is 27.4 Å². The fourth-order valence-electron chi connectivity index (χ4n) is 4.20. The Bertz CT molecular complexity index is 1120. The highest BCUT2D eigenvalue weighted by Gasteiger charge is 2.31. The number of benzene rings is 1. The molecular weight excluding hydrogens is 398 g/mol. The number of fused-ring (bicyclic) bond motifs is 1. The average molecular weight is 425 g/mol. The number of likely N-dealkylation sites (N-methyl/N-ethyl adjacent to an activating group) is 1. The number of amides is 2. The molecule has 0 bridgehead atoms. The molecule has 2 fully saturated rings. The molecule has 31 heavy (non-hydrogen) atoms. The number of rotatable bonds is 4. The number of carbonyl (C=O) groups is 2. The van der Waals surface area contributed by atoms with E-state index < -0.39 is 11.9 Å². The molecule has 164 valence electrons. The van der Waals surface area contributed by atoms with Crippen molar-refractivity contribution >= 4 is 22.8 Å². The lowest BCUT2D eigenvalue weighted by Crippen LogP contribution is -2.46. The molecule has 2 N–H and O–H groups in total. The second-order valence-corrected chi connectivity index (χ2v) is 7.97. The Kier molecular flexibility index (Phi) is 6.23. The number of aromatic nitrogens is 2. The third-order valence-corrected chi connectivity index (χ3v) is 5.80. The zero-order chi connectivity index (χ0) is 22.0. The predicted molar refractivity (Wildman–Crippen MR) is 116 cm³/mol. The molecule has 9 heteroatoms. The fourth-order valence-corrected chi connectivity index (χ4v) is 4.20. The van der Waals surface area contributed by atoms with Crippen molar-refractivity contribution in [3.8, 4) is 11.8 Å². The van der Waals surface area contributed by atoms with Crippen LogP contribution >= 0.6 is 0 Å². The first-order valence-corrected chi connectivity index (χ1v) is 10.5. The minimum Gasteiger partial charge on any atom is -0.374 e. The van der Waals surface area contributed by atoms with Crippen molar-refractivity contribution in [3.63, 3.8) is 0 Å². The fraction of sp³-hybridized carbons (Fsp3) is 0.500. The minimum absolute atomic E-state index is 0.179. The van der Waals surface area contributed by atoms with Gasteiger partial charge in [-0.25, -0.2) is 4.79 Å². The number of carbonyl (C=O) groups excluding carboxylic acids is 2. The van der Waals surface area contributed by atoms with E-state index in [4.69, 9.17) is 4.74 Å². The quantitative estimate of drug-likeness (QED) is 0.511. The van der Waals surface area contributed by atoms with E-state index in [0.29, 0.717) is 30.6 Å². The lowest BCUT2D eigenvalue weighted by molar-refractivity contribution is -0.135. The smallest absolute Gasteiger partial charge is 0.329 e. The van der Waals surface area contributed by atoms with Crippen LogP contribution in [0.25, 0.3) is 11.0 Å². The number of piperidine rings is 1. The molecule has 9 nitrogen and oxygen atoms in total. The minimum atomic E-state index is -0.683. The number of nitrogens with one attached hydrogen (secondary N) is 2. The molecule has 3 heterocycles. The Balaban J connectivity index is 1.54. The van der Waals surface area contributed by atoms with Crippen LogP contribution < -0.4 is 16.3 Å². The largest absolute Gasteiger partial charge is 0.374 e. The first kappa shape index (κ1) is 21.3. The van der Waals surface area contributed by atoms with Crippen molar-refractivity contribution in [1.82, 2.24) is 24.7 Å². The van der Waals surface area contributed by atoms with Gasteiger partial charge in [-0.15, -0.1) is 0 Å². The lowest BCUT2D eigenvalue weighted by atomic mass is 10.1. The Morgan fingerprint density at radius 2 is 2.10 bits per heavy atom. The predicted octanol–water partition coefficient (Wildman–Crippen LogP) is -0.411. The molecule has 0 spiro atoms. The van der Waals surface area contributed by atoms with E-state index in [9.17, 15) is 14.4 Å². The van der Waals surface area contributed by atoms with Crippen molar-refractivity contribution in [1.29, 1.82) is 0 Å². The monoisotopic (exact) mass is 425 g/mol. The summed E-state index contributed by atoms with van der Waals surface area (Å²) in [7, 11) is 3.60. The van der Waals surface area contributed by atoms with Crippen LogP contribution in [0.15, 0.2) is 23.0 Å². The van der Waals surface area contributed by atoms with Crippen LogP contribution in [0.4, 0.5) is 0 Å². The third kappa shape index (κ3) is 4.42. The lowest BCUT2D eigenvalue weighted by Gasteiger charge is -2.31. The van der Waals surface area contributed by atoms with Crippen LogP contribution in [0.3, 0.4) is 0 Å². The summed E-state index contributed by atoms with van der Waals surface area (Å²) >= 11 is 0. The first-order valence-electron chi connectivity index (χ1n) is 10.5. The van der Waals surface area contributed by atoms with Gasteiger partial charge in [0.1, 0.15) is 6.04 Å². The van der Waals surface area contributed by atoms with Crippen molar-refractivity contribution in [2.24, 2.45) is 7.05 Å². The van der Waals surface area contributed by atoms with E-state index in [1.54, 1.807) is 7.05 Å². The molecule has 2 saturated heterocycles. The zero-order valence-electron chi connectivity index (χ0n) is 17.8. The second kappa shape index (κ2) is 9.06. The van der Waals surface area contributed by atoms with E-state index in [1.807, 2.05) is 25.2 Å². The van der Waals surface area contributed by atoms with Gasteiger partial charge in [0.25, 0.3) is 0 Å². The van der Waals surface area contributed by atoms with Gasteiger partial charge in [0.15, 0.2) is 0 Å². The van der Waals surface area contributed by atoms with Gasteiger partial charge in [0, 0.05) is 38.7 Å². The number of hydrogen-bond acceptors (Lipinski definition) is 6. The van der Waals surface area contributed by atoms with E-state index >= 15 is 0 Å². The second-order valence-electron chi connectivity index (χ2n) is 7.97. The highest BCUT2D eigenvalue weighted by atomic mass is 16.5. The Hall–Kier alpha value is -2.93. The molecule has 1 unspecified atom stereocenters. The molecule has 1 aromatic carbocycles. The van der Waals surface area contributed by atoms with Gasteiger partial charge in [0.05, 0.1) is 30.3 Å². The molecule has 0 saturated carbocycles. The van der Waals surface area contributed by atoms with Crippen molar-refractivity contribution in [2.45, 2.75) is 25.0 Å². The molecule has 0 radical (unpaired) electrons. The van der Waals surface area contributed by atoms with Crippen LogP contribution in [0, 0.1) is 11.8 Å². The van der Waals surface area contributed by atoms with Crippen molar-refractivity contribution in [3.05, 3.63) is 34.2 Å². The maximum Gasteiger partial charge on any atom is 0.329 e. The first-order chi connectivity index (χ1) is 15.0. The standard InChI is InChI=1S/C22H27N5O4/c1-23-13-16-14-26(10-11-31-16)9-3-4-15-5-6-17-19(12-15)25(2)22(30)27(17)18-7-8-20(28)24-21(18)29/h5-6,12,16,18,23H,7-11,13-14H2,1-2H3,(H,24,28,29)/t16-,18?/m0/s1. The van der Waals surface area contributed by atoms with Crippen LogP contribution in [0.5, 0.6) is 0 Å². The van der Waals surface area contributed by atoms with Crippen LogP contribution in [-0.4, -0.2) is 71.8 Å². The van der Waals surface area contributed by atoms with Gasteiger partial charge in [-0.05, 0) is 31.7 Å². The summed E-state index contributed by atoms with van der Waals surface area (Å²) in [5.41, 5.74) is 1.90. The number of imidazole rings is 1. The maximum absolute atomic E-state index is 12.8. The van der Waals surface area contributed by atoms with Crippen molar-refractivity contribution < 1.29 is 14.3 Å². The molecular formula is C22H27N5O4. The maximum atomic E-state index is 12.8. The normalized spacial score (nSPS) is 22.3. The summed E-state index contributed by atoms with van der Waals surface area (Å²) in [6.07, 6.45) is 0.720. The average Bonchev–Trinajstić information content (AvgIpc) is 2.99. The summed E-state index contributed by atoms with van der Waals surface area (Å²) < 4.78 is 8.72. The van der Waals surface area contributed by atoms with Gasteiger partial charge in [-0.1, -0.05) is 11.8 Å². The summed E-state index contributed by atoms with van der Waals surface area (Å²) in [5, 5.41) is 5.46. The number of ether oxygens (including phenoxy) is 1. The molecule has 1 aromatic heterocycles. The van der Waals surface area contributed by atoms with E-state index in [-0.39, 0.29) is 24.1 Å². The van der Waals surface area contributed by atoms with Crippen molar-refractivity contribution in [2.75, 3.05) is 39.8 Å². The zero-order valence-corrected chi connectivity index (χ0v) is 17.8. The summed E-state index contributed by atoms with van der Waals surface area (Å²) in [6, 6.07) is 4.87. The van der Waals surface area contributed by atoms with Gasteiger partial charge in [0.2, 0.25) is 11.8 Å². The Morgan fingerprint density at radius 1 is 1.26 bits per heavy atom. The number of morpholine rings is 1. The van der Waals surface area contributed by atoms with Gasteiger partial charge in [-0.3, -0.25) is 28.9 Å². The number of aryl methyl sites for hydroxylation is 1. The Labute approximate surface area is 180 Å². The number of nitrogens with zero attached hydrogens (tertiary/aromatic N) is 3. The summed E-state index contributed by atoms with van der Waals surface area (Å²) in [5.74, 6) is 5.67. The van der Waals surface area contributed by atoms with Gasteiger partial charge in [-0.2, -0.15) is 0 Å². The third-order valence-electron chi connectivity index (χ3n) is 5.80. The highest BCUT2D eigenvalue weighted by molar-refractivity contribution is 6.00. The van der Waals surface area contributed by atoms with Crippen LogP contribution in [0.1, 0.15) is 24.4 Å². The SMILES string of the molecule is CNC[C@H]1CN(CC#Cc2ccc3c(c2)n(C)c(=O)n3C2CCC(=O)NC2=O)CCO1. The summed E-state index contributed by atoms with van der Waals surface area (Å²) in [6.45, 7) is 3.88. The topological polar surface area (TPSA) is 97.6 Å². The Morgan fingerprint density at radius 3 is 2.87 bits per heavy atom. The van der Waals surface area contributed by atoms with E-state index in [1.165, 1.54) is 9.13 Å². The number of hydrogen-bond donors (Lipinski definition) is 2. The van der Waals surface area contributed by atoms with E-state index in [0.717, 1.165) is 25.2 Å². The van der Waals surface area contributed by atoms with Crippen LogP contribution in [-0.2, 0) is 21.4 Å². The van der Waals surface area contributed by atoms with Gasteiger partial charge < -0.3 is 10.1 Å². The van der Waals surface area contributed by atoms with Crippen LogP contribution in [0.2, 0.25) is 0 Å². The molecule has 2 aliphatic rings. The molecule has 2 aromatic rings.